The first-order chi connectivity index (χ1) is 7.72. The number of halogens is 1. The van der Waals surface area contributed by atoms with Crippen LogP contribution in [0.15, 0.2) is 30.3 Å². The predicted molar refractivity (Wildman–Crippen MR) is 65.4 cm³/mol. The van der Waals surface area contributed by atoms with Crippen LogP contribution in [0.3, 0.4) is 0 Å². The van der Waals surface area contributed by atoms with Crippen molar-refractivity contribution in [3.63, 3.8) is 0 Å². The molecule has 0 saturated heterocycles. The highest BCUT2D eigenvalue weighted by Crippen LogP contribution is 2.10. The van der Waals surface area contributed by atoms with E-state index in [-0.39, 0.29) is 5.91 Å². The number of benzene rings is 1. The summed E-state index contributed by atoms with van der Waals surface area (Å²) < 4.78 is 4.81. The average Bonchev–Trinajstić information content (AvgIpc) is 2.29. The number of carbonyl (C=O) groups excluding carboxylic acids is 1. The molecule has 0 saturated carbocycles. The number of carbonyl (C=O) groups is 1. The van der Waals surface area contributed by atoms with Gasteiger partial charge in [-0.2, -0.15) is 0 Å². The fraction of sp³-hybridized carbons (Fsp3) is 0.250. The lowest BCUT2D eigenvalue weighted by Gasteiger charge is -1.99. The Hall–Kier alpha value is -1.32. The molecular formula is C12H14ClNO2. The Morgan fingerprint density at radius 1 is 1.44 bits per heavy atom. The molecule has 1 N–H and O–H groups in total. The zero-order valence-corrected chi connectivity index (χ0v) is 9.83. The number of hydrogen-bond acceptors (Lipinski definition) is 2. The highest BCUT2D eigenvalue weighted by molar-refractivity contribution is 6.30. The van der Waals surface area contributed by atoms with Gasteiger partial charge in [0.2, 0.25) is 5.91 Å². The first kappa shape index (κ1) is 12.7. The van der Waals surface area contributed by atoms with Gasteiger partial charge in [-0.25, -0.2) is 0 Å². The van der Waals surface area contributed by atoms with Crippen LogP contribution in [0.4, 0.5) is 0 Å². The molecular weight excluding hydrogens is 226 g/mol. The summed E-state index contributed by atoms with van der Waals surface area (Å²) in [5.41, 5.74) is 0.936. The van der Waals surface area contributed by atoms with Crippen LogP contribution >= 0.6 is 11.6 Å². The minimum absolute atomic E-state index is 0.132. The highest BCUT2D eigenvalue weighted by atomic mass is 35.5. The number of methoxy groups -OCH3 is 1. The molecule has 0 radical (unpaired) electrons. The molecule has 1 aromatic rings. The molecule has 0 aliphatic carbocycles. The van der Waals surface area contributed by atoms with Crippen LogP contribution in [0.5, 0.6) is 0 Å². The molecule has 3 nitrogen and oxygen atoms in total. The molecule has 0 aliphatic heterocycles. The first-order valence-corrected chi connectivity index (χ1v) is 5.30. The Kier molecular flexibility index (Phi) is 5.61. The van der Waals surface area contributed by atoms with Gasteiger partial charge in [0.05, 0.1) is 6.61 Å². The van der Waals surface area contributed by atoms with E-state index in [1.807, 2.05) is 12.1 Å². The van der Waals surface area contributed by atoms with E-state index in [1.165, 1.54) is 6.08 Å². The summed E-state index contributed by atoms with van der Waals surface area (Å²) >= 11 is 5.74. The predicted octanol–water partition coefficient (Wildman–Crippen LogP) is 2.12. The topological polar surface area (TPSA) is 38.3 Å². The van der Waals surface area contributed by atoms with Gasteiger partial charge in [-0.15, -0.1) is 0 Å². The lowest BCUT2D eigenvalue weighted by molar-refractivity contribution is -0.116. The Morgan fingerprint density at radius 3 is 2.75 bits per heavy atom. The third kappa shape index (κ3) is 4.96. The number of rotatable bonds is 5. The fourth-order valence-corrected chi connectivity index (χ4v) is 1.21. The van der Waals surface area contributed by atoms with Gasteiger partial charge in [0.25, 0.3) is 0 Å². The molecule has 4 heteroatoms. The summed E-state index contributed by atoms with van der Waals surface area (Å²) in [6, 6.07) is 7.26. The van der Waals surface area contributed by atoms with Crippen LogP contribution in [0, 0.1) is 0 Å². The van der Waals surface area contributed by atoms with E-state index in [4.69, 9.17) is 16.3 Å². The Bertz CT molecular complexity index is 360. The van der Waals surface area contributed by atoms with Crippen LogP contribution in [-0.4, -0.2) is 26.2 Å². The van der Waals surface area contributed by atoms with Crippen molar-refractivity contribution in [2.45, 2.75) is 0 Å². The zero-order chi connectivity index (χ0) is 11.8. The van der Waals surface area contributed by atoms with E-state index in [9.17, 15) is 4.79 Å². The Labute approximate surface area is 100 Å². The molecule has 0 aromatic heterocycles. The van der Waals surface area contributed by atoms with Gasteiger partial charge in [0.15, 0.2) is 0 Å². The SMILES string of the molecule is COCCNC(=O)/C=C/c1ccc(Cl)cc1. The normalized spacial score (nSPS) is 10.6. The van der Waals surface area contributed by atoms with Crippen LogP contribution in [0.25, 0.3) is 6.08 Å². The Balaban J connectivity index is 2.41. The maximum absolute atomic E-state index is 11.3. The molecule has 86 valence electrons. The second-order valence-corrected chi connectivity index (χ2v) is 3.61. The molecule has 0 heterocycles. The van der Waals surface area contributed by atoms with E-state index >= 15 is 0 Å². The molecule has 1 amide bonds. The molecule has 0 bridgehead atoms. The van der Waals surface area contributed by atoms with Gasteiger partial charge in [-0.3, -0.25) is 4.79 Å². The summed E-state index contributed by atoms with van der Waals surface area (Å²) in [5, 5.41) is 3.37. The maximum Gasteiger partial charge on any atom is 0.244 e. The number of amides is 1. The van der Waals surface area contributed by atoms with Crippen LogP contribution in [-0.2, 0) is 9.53 Å². The molecule has 0 unspecified atom stereocenters. The maximum atomic E-state index is 11.3. The van der Waals surface area contributed by atoms with E-state index < -0.39 is 0 Å². The molecule has 16 heavy (non-hydrogen) atoms. The van der Waals surface area contributed by atoms with Gasteiger partial charge >= 0.3 is 0 Å². The number of nitrogens with one attached hydrogen (secondary N) is 1. The summed E-state index contributed by atoms with van der Waals surface area (Å²) in [7, 11) is 1.59. The molecule has 0 fully saturated rings. The Morgan fingerprint density at radius 2 is 2.12 bits per heavy atom. The number of hydrogen-bond donors (Lipinski definition) is 1. The van der Waals surface area contributed by atoms with Crippen molar-refractivity contribution >= 4 is 23.6 Å². The van der Waals surface area contributed by atoms with Crippen LogP contribution in [0.2, 0.25) is 5.02 Å². The van der Waals surface area contributed by atoms with Crippen LogP contribution < -0.4 is 5.32 Å². The summed E-state index contributed by atoms with van der Waals surface area (Å²) in [4.78, 5) is 11.3. The van der Waals surface area contributed by atoms with Crippen molar-refractivity contribution in [2.75, 3.05) is 20.3 Å². The molecule has 0 atom stereocenters. The zero-order valence-electron chi connectivity index (χ0n) is 9.07. The molecule has 0 aliphatic rings. The lowest BCUT2D eigenvalue weighted by Crippen LogP contribution is -2.24. The molecule has 1 aromatic carbocycles. The third-order valence-electron chi connectivity index (χ3n) is 1.90. The standard InChI is InChI=1S/C12H14ClNO2/c1-16-9-8-14-12(15)7-4-10-2-5-11(13)6-3-10/h2-7H,8-9H2,1H3,(H,14,15)/b7-4+. The largest absolute Gasteiger partial charge is 0.383 e. The van der Waals surface area contributed by atoms with Crippen LogP contribution in [0.1, 0.15) is 5.56 Å². The van der Waals surface area contributed by atoms with Crippen molar-refractivity contribution in [3.8, 4) is 0 Å². The highest BCUT2D eigenvalue weighted by Gasteiger charge is 1.94. The smallest absolute Gasteiger partial charge is 0.244 e. The molecule has 1 rings (SSSR count). The second-order valence-electron chi connectivity index (χ2n) is 3.17. The second kappa shape index (κ2) is 7.04. The van der Waals surface area contributed by atoms with Crippen molar-refractivity contribution < 1.29 is 9.53 Å². The van der Waals surface area contributed by atoms with Gasteiger partial charge in [0.1, 0.15) is 0 Å². The summed E-state index contributed by atoms with van der Waals surface area (Å²) in [6.07, 6.45) is 3.22. The van der Waals surface area contributed by atoms with E-state index in [2.05, 4.69) is 5.32 Å². The van der Waals surface area contributed by atoms with E-state index in [1.54, 1.807) is 25.3 Å². The fourth-order valence-electron chi connectivity index (χ4n) is 1.08. The summed E-state index contributed by atoms with van der Waals surface area (Å²) in [5.74, 6) is -0.132. The average molecular weight is 240 g/mol. The lowest BCUT2D eigenvalue weighted by atomic mass is 10.2. The van der Waals surface area contributed by atoms with Crippen molar-refractivity contribution in [1.82, 2.24) is 5.32 Å². The van der Waals surface area contributed by atoms with Gasteiger partial charge < -0.3 is 10.1 Å². The van der Waals surface area contributed by atoms with Crippen molar-refractivity contribution in [1.29, 1.82) is 0 Å². The monoisotopic (exact) mass is 239 g/mol. The first-order valence-electron chi connectivity index (χ1n) is 4.93. The van der Waals surface area contributed by atoms with E-state index in [0.717, 1.165) is 5.56 Å². The quantitative estimate of drug-likeness (QED) is 0.631. The van der Waals surface area contributed by atoms with Gasteiger partial charge in [-0.1, -0.05) is 23.7 Å². The summed E-state index contributed by atoms with van der Waals surface area (Å²) in [6.45, 7) is 1.03. The number of ether oxygens (including phenoxy) is 1. The van der Waals surface area contributed by atoms with E-state index in [0.29, 0.717) is 18.2 Å². The minimum atomic E-state index is -0.132. The van der Waals surface area contributed by atoms with Gasteiger partial charge in [0, 0.05) is 24.8 Å². The minimum Gasteiger partial charge on any atom is -0.383 e. The molecule has 0 spiro atoms. The van der Waals surface area contributed by atoms with Crippen molar-refractivity contribution in [3.05, 3.63) is 40.9 Å². The van der Waals surface area contributed by atoms with Gasteiger partial charge in [-0.05, 0) is 23.8 Å². The van der Waals surface area contributed by atoms with Crippen molar-refractivity contribution in [2.24, 2.45) is 0 Å². The third-order valence-corrected chi connectivity index (χ3v) is 2.15.